The maximum absolute atomic E-state index is 10.8. The van der Waals surface area contributed by atoms with Gasteiger partial charge in [-0.2, -0.15) is 4.98 Å². The van der Waals surface area contributed by atoms with Crippen LogP contribution in [0, 0.1) is 22.5 Å². The second-order valence-corrected chi connectivity index (χ2v) is 4.27. The van der Waals surface area contributed by atoms with Crippen molar-refractivity contribution in [3.63, 3.8) is 0 Å². The Labute approximate surface area is 109 Å². The lowest BCUT2D eigenvalue weighted by atomic mass is 10.4. The number of hydrogen-bond acceptors (Lipinski definition) is 6. The summed E-state index contributed by atoms with van der Waals surface area (Å²) in [6.45, 7) is 0.549. The van der Waals surface area contributed by atoms with Gasteiger partial charge in [-0.1, -0.05) is 5.92 Å². The van der Waals surface area contributed by atoms with Gasteiger partial charge < -0.3 is 10.1 Å². The Bertz CT molecular complexity index is 459. The van der Waals surface area contributed by atoms with Crippen LogP contribution in [0.15, 0.2) is 12.1 Å². The van der Waals surface area contributed by atoms with Gasteiger partial charge in [-0.3, -0.25) is 10.1 Å². The fraction of sp³-hybridized carbons (Fsp3) is 0.364. The normalized spacial score (nSPS) is 9.56. The van der Waals surface area contributed by atoms with Crippen molar-refractivity contribution < 1.29 is 9.66 Å². The molecule has 0 aromatic carbocycles. The molecule has 0 spiro atoms. The number of nitrogens with zero attached hydrogens (tertiary/aromatic N) is 2. The van der Waals surface area contributed by atoms with E-state index in [4.69, 9.17) is 11.2 Å². The van der Waals surface area contributed by atoms with Crippen molar-refractivity contribution in [3.8, 4) is 18.2 Å². The first-order valence-corrected chi connectivity index (χ1v) is 6.29. The molecule has 1 heterocycles. The van der Waals surface area contributed by atoms with Gasteiger partial charge in [-0.25, -0.2) is 0 Å². The SMILES string of the molecule is C#CCSCCNc1nc(OC)ccc1[N+](=O)[O-]. The third kappa shape index (κ3) is 4.14. The second kappa shape index (κ2) is 7.40. The average molecular weight is 267 g/mol. The molecular weight excluding hydrogens is 254 g/mol. The maximum Gasteiger partial charge on any atom is 0.311 e. The lowest BCUT2D eigenvalue weighted by molar-refractivity contribution is -0.384. The van der Waals surface area contributed by atoms with Crippen LogP contribution < -0.4 is 10.1 Å². The lowest BCUT2D eigenvalue weighted by Crippen LogP contribution is -2.08. The predicted octanol–water partition coefficient (Wildman–Crippen LogP) is 1.78. The molecule has 18 heavy (non-hydrogen) atoms. The molecule has 7 heteroatoms. The first-order valence-electron chi connectivity index (χ1n) is 5.13. The second-order valence-electron chi connectivity index (χ2n) is 3.16. The zero-order valence-corrected chi connectivity index (χ0v) is 10.7. The molecule has 0 saturated heterocycles. The minimum Gasteiger partial charge on any atom is -0.481 e. The van der Waals surface area contributed by atoms with Crippen molar-refractivity contribution in [2.24, 2.45) is 0 Å². The molecule has 0 atom stereocenters. The summed E-state index contributed by atoms with van der Waals surface area (Å²) in [5, 5.41) is 13.7. The molecule has 0 saturated carbocycles. The van der Waals surface area contributed by atoms with E-state index in [9.17, 15) is 10.1 Å². The van der Waals surface area contributed by atoms with Crippen molar-refractivity contribution >= 4 is 23.3 Å². The van der Waals surface area contributed by atoms with Gasteiger partial charge >= 0.3 is 5.69 Å². The van der Waals surface area contributed by atoms with Crippen LogP contribution in [0.3, 0.4) is 0 Å². The van der Waals surface area contributed by atoms with Crippen molar-refractivity contribution in [1.29, 1.82) is 0 Å². The monoisotopic (exact) mass is 267 g/mol. The summed E-state index contributed by atoms with van der Waals surface area (Å²) in [7, 11) is 1.46. The first-order chi connectivity index (χ1) is 8.69. The Hall–Kier alpha value is -1.94. The molecule has 0 aliphatic carbocycles. The zero-order chi connectivity index (χ0) is 13.4. The highest BCUT2D eigenvalue weighted by atomic mass is 32.2. The van der Waals surface area contributed by atoms with Gasteiger partial charge in [0, 0.05) is 24.4 Å². The highest BCUT2D eigenvalue weighted by Gasteiger charge is 2.15. The summed E-state index contributed by atoms with van der Waals surface area (Å²) >= 11 is 1.57. The molecule has 96 valence electrons. The van der Waals surface area contributed by atoms with Crippen LogP contribution in [-0.2, 0) is 0 Å². The van der Waals surface area contributed by atoms with E-state index < -0.39 is 4.92 Å². The highest BCUT2D eigenvalue weighted by molar-refractivity contribution is 7.99. The molecular formula is C11H13N3O3S. The van der Waals surface area contributed by atoms with Crippen LogP contribution in [0.4, 0.5) is 11.5 Å². The van der Waals surface area contributed by atoms with E-state index in [-0.39, 0.29) is 11.5 Å². The third-order valence-corrected chi connectivity index (χ3v) is 2.84. The summed E-state index contributed by atoms with van der Waals surface area (Å²) in [4.78, 5) is 14.3. The van der Waals surface area contributed by atoms with E-state index in [1.165, 1.54) is 19.2 Å². The van der Waals surface area contributed by atoms with E-state index >= 15 is 0 Å². The Morgan fingerprint density at radius 3 is 3.06 bits per heavy atom. The van der Waals surface area contributed by atoms with Crippen molar-refractivity contribution in [3.05, 3.63) is 22.2 Å². The summed E-state index contributed by atoms with van der Waals surface area (Å²) in [5.74, 6) is 4.42. The minimum absolute atomic E-state index is 0.0715. The molecule has 0 bridgehead atoms. The number of pyridine rings is 1. The smallest absolute Gasteiger partial charge is 0.311 e. The zero-order valence-electron chi connectivity index (χ0n) is 9.88. The van der Waals surface area contributed by atoms with Crippen LogP contribution in [0.1, 0.15) is 0 Å². The van der Waals surface area contributed by atoms with Crippen molar-refractivity contribution in [2.45, 2.75) is 0 Å². The van der Waals surface area contributed by atoms with Crippen LogP contribution in [0.5, 0.6) is 5.88 Å². The van der Waals surface area contributed by atoms with Crippen LogP contribution in [0.2, 0.25) is 0 Å². The van der Waals surface area contributed by atoms with Gasteiger partial charge in [-0.05, 0) is 0 Å². The van der Waals surface area contributed by atoms with E-state index in [1.807, 2.05) is 0 Å². The highest BCUT2D eigenvalue weighted by Crippen LogP contribution is 2.24. The Morgan fingerprint density at radius 2 is 2.44 bits per heavy atom. The predicted molar refractivity (Wildman–Crippen MR) is 72.1 cm³/mol. The number of rotatable bonds is 7. The first kappa shape index (κ1) is 14.1. The topological polar surface area (TPSA) is 77.3 Å². The van der Waals surface area contributed by atoms with Gasteiger partial charge in [0.05, 0.1) is 17.8 Å². The third-order valence-electron chi connectivity index (χ3n) is 1.98. The van der Waals surface area contributed by atoms with Gasteiger partial charge in [0.1, 0.15) is 0 Å². The van der Waals surface area contributed by atoms with E-state index in [1.54, 1.807) is 11.8 Å². The van der Waals surface area contributed by atoms with Crippen LogP contribution >= 0.6 is 11.8 Å². The van der Waals surface area contributed by atoms with E-state index in [0.717, 1.165) is 5.75 Å². The number of nitro groups is 1. The molecule has 1 N–H and O–H groups in total. The molecule has 0 unspecified atom stereocenters. The number of thioether (sulfide) groups is 1. The number of ether oxygens (including phenoxy) is 1. The molecule has 0 aliphatic rings. The molecule has 1 rings (SSSR count). The Balaban J connectivity index is 2.66. The largest absolute Gasteiger partial charge is 0.481 e. The van der Waals surface area contributed by atoms with E-state index in [2.05, 4.69) is 16.2 Å². The van der Waals surface area contributed by atoms with Gasteiger partial charge in [0.2, 0.25) is 11.7 Å². The summed E-state index contributed by atoms with van der Waals surface area (Å²) < 4.78 is 4.93. The fourth-order valence-corrected chi connectivity index (χ4v) is 1.71. The Morgan fingerprint density at radius 1 is 1.67 bits per heavy atom. The van der Waals surface area contributed by atoms with Gasteiger partial charge in [0.15, 0.2) is 0 Å². The van der Waals surface area contributed by atoms with E-state index in [0.29, 0.717) is 18.2 Å². The van der Waals surface area contributed by atoms with Gasteiger partial charge in [-0.15, -0.1) is 18.2 Å². The number of aromatic nitrogens is 1. The summed E-state index contributed by atoms with van der Waals surface area (Å²) in [6, 6.07) is 2.82. The van der Waals surface area contributed by atoms with Crippen molar-refractivity contribution in [1.82, 2.24) is 4.98 Å². The Kier molecular flexibility index (Phi) is 5.80. The molecule has 0 amide bonds. The standard InChI is InChI=1S/C11H13N3O3S/c1-3-7-18-8-6-12-11-9(14(15)16)4-5-10(13-11)17-2/h1,4-5H,6-8H2,2H3,(H,12,13). The number of hydrogen-bond donors (Lipinski definition) is 1. The molecule has 0 radical (unpaired) electrons. The molecule has 1 aromatic heterocycles. The van der Waals surface area contributed by atoms with Crippen LogP contribution in [0.25, 0.3) is 0 Å². The quantitative estimate of drug-likeness (QED) is 0.351. The average Bonchev–Trinajstić information content (AvgIpc) is 2.38. The summed E-state index contributed by atoms with van der Waals surface area (Å²) in [6.07, 6.45) is 5.11. The number of anilines is 1. The van der Waals surface area contributed by atoms with Crippen LogP contribution in [-0.4, -0.2) is 35.1 Å². The molecule has 0 aliphatic heterocycles. The van der Waals surface area contributed by atoms with Gasteiger partial charge in [0.25, 0.3) is 0 Å². The summed E-state index contributed by atoms with van der Waals surface area (Å²) in [5.41, 5.74) is -0.0715. The minimum atomic E-state index is -0.483. The molecule has 6 nitrogen and oxygen atoms in total. The molecule has 0 fully saturated rings. The maximum atomic E-state index is 10.8. The number of terminal acetylenes is 1. The lowest BCUT2D eigenvalue weighted by Gasteiger charge is -2.07. The number of nitrogens with one attached hydrogen (secondary N) is 1. The fourth-order valence-electron chi connectivity index (χ4n) is 1.20. The van der Waals surface area contributed by atoms with Crippen molar-refractivity contribution in [2.75, 3.05) is 30.5 Å². The molecule has 1 aromatic rings. The number of methoxy groups -OCH3 is 1.